The van der Waals surface area contributed by atoms with Crippen molar-refractivity contribution in [3.63, 3.8) is 0 Å². The Bertz CT molecular complexity index is 607. The molecule has 0 fully saturated rings. The smallest absolute Gasteiger partial charge is 0.254 e. The van der Waals surface area contributed by atoms with E-state index in [2.05, 4.69) is 10.4 Å². The molecule has 1 amide bonds. The number of aliphatic hydroxyl groups is 1. The number of carbonyl (C=O) groups excluding carboxylic acids is 1. The number of benzene rings is 1. The molecule has 21 heavy (non-hydrogen) atoms. The fraction of sp³-hybridized carbons (Fsp3) is 0.375. The average Bonchev–Trinajstić information content (AvgIpc) is 2.97. The number of hydrogen-bond acceptors (Lipinski definition) is 3. The Labute approximate surface area is 124 Å². The van der Waals surface area contributed by atoms with E-state index in [9.17, 15) is 9.90 Å². The highest BCUT2D eigenvalue weighted by molar-refractivity contribution is 5.93. The van der Waals surface area contributed by atoms with E-state index in [-0.39, 0.29) is 12.0 Å². The molecule has 1 aromatic carbocycles. The maximum absolute atomic E-state index is 12.0. The fourth-order valence-electron chi connectivity index (χ4n) is 2.05. The second-order valence-electron chi connectivity index (χ2n) is 5.07. The largest absolute Gasteiger partial charge is 0.393 e. The van der Waals surface area contributed by atoms with Gasteiger partial charge in [0.05, 0.1) is 23.6 Å². The van der Waals surface area contributed by atoms with Crippen molar-refractivity contribution in [3.05, 3.63) is 47.8 Å². The molecule has 0 radical (unpaired) electrons. The maximum atomic E-state index is 12.0. The summed E-state index contributed by atoms with van der Waals surface area (Å²) in [6.45, 7) is 4.38. The van der Waals surface area contributed by atoms with Gasteiger partial charge in [-0.3, -0.25) is 4.79 Å². The molecule has 2 N–H and O–H groups in total. The Hall–Kier alpha value is -2.14. The Morgan fingerprint density at radius 3 is 2.90 bits per heavy atom. The van der Waals surface area contributed by atoms with E-state index in [0.29, 0.717) is 24.9 Å². The number of para-hydroxylation sites is 1. The molecule has 0 aliphatic heterocycles. The number of carbonyl (C=O) groups is 1. The van der Waals surface area contributed by atoms with E-state index in [1.165, 1.54) is 0 Å². The van der Waals surface area contributed by atoms with E-state index in [0.717, 1.165) is 11.3 Å². The van der Waals surface area contributed by atoms with Crippen LogP contribution >= 0.6 is 0 Å². The average molecular weight is 287 g/mol. The van der Waals surface area contributed by atoms with Crippen LogP contribution < -0.4 is 5.32 Å². The lowest BCUT2D eigenvalue weighted by molar-refractivity contribution is 0.0942. The molecule has 2 aromatic rings. The van der Waals surface area contributed by atoms with Crippen LogP contribution in [-0.4, -0.2) is 33.4 Å². The maximum Gasteiger partial charge on any atom is 0.254 e. The van der Waals surface area contributed by atoms with Gasteiger partial charge in [-0.15, -0.1) is 0 Å². The van der Waals surface area contributed by atoms with Crippen LogP contribution in [0.15, 0.2) is 36.7 Å². The zero-order chi connectivity index (χ0) is 15.2. The summed E-state index contributed by atoms with van der Waals surface area (Å²) in [5.41, 5.74) is 2.57. The quantitative estimate of drug-likeness (QED) is 0.854. The van der Waals surface area contributed by atoms with Gasteiger partial charge in [0, 0.05) is 12.7 Å². The summed E-state index contributed by atoms with van der Waals surface area (Å²) in [4.78, 5) is 12.0. The molecule has 1 heterocycles. The summed E-state index contributed by atoms with van der Waals surface area (Å²) in [6, 6.07) is 7.87. The molecule has 0 bridgehead atoms. The Balaban J connectivity index is 2.00. The minimum Gasteiger partial charge on any atom is -0.393 e. The van der Waals surface area contributed by atoms with Gasteiger partial charge in [0.15, 0.2) is 0 Å². The molecular formula is C16H21N3O2. The lowest BCUT2D eigenvalue weighted by atomic mass is 10.2. The van der Waals surface area contributed by atoms with E-state index in [1.54, 1.807) is 17.1 Å². The fourth-order valence-corrected chi connectivity index (χ4v) is 2.05. The van der Waals surface area contributed by atoms with E-state index < -0.39 is 0 Å². The van der Waals surface area contributed by atoms with E-state index in [4.69, 9.17) is 0 Å². The molecule has 0 saturated carbocycles. The molecule has 112 valence electrons. The zero-order valence-electron chi connectivity index (χ0n) is 12.4. The first-order chi connectivity index (χ1) is 10.1. The summed E-state index contributed by atoms with van der Waals surface area (Å²) in [7, 11) is 0. The van der Waals surface area contributed by atoms with Gasteiger partial charge in [0.2, 0.25) is 0 Å². The number of nitrogens with zero attached hydrogens (tertiary/aromatic N) is 2. The van der Waals surface area contributed by atoms with Crippen molar-refractivity contribution in [2.75, 3.05) is 6.54 Å². The van der Waals surface area contributed by atoms with Gasteiger partial charge in [0.25, 0.3) is 5.91 Å². The minimum atomic E-state index is -0.361. The number of nitrogens with one attached hydrogen (secondary N) is 1. The molecule has 0 spiro atoms. The molecule has 5 heteroatoms. The van der Waals surface area contributed by atoms with Crippen LogP contribution in [0.25, 0.3) is 5.69 Å². The van der Waals surface area contributed by atoms with Crippen molar-refractivity contribution in [2.24, 2.45) is 0 Å². The first-order valence-electron chi connectivity index (χ1n) is 7.18. The second kappa shape index (κ2) is 7.04. The van der Waals surface area contributed by atoms with E-state index >= 15 is 0 Å². The van der Waals surface area contributed by atoms with Crippen LogP contribution in [0.3, 0.4) is 0 Å². The van der Waals surface area contributed by atoms with Crippen LogP contribution in [0.1, 0.15) is 35.7 Å². The Kier molecular flexibility index (Phi) is 5.11. The van der Waals surface area contributed by atoms with Crippen molar-refractivity contribution in [1.29, 1.82) is 0 Å². The highest BCUT2D eigenvalue weighted by Gasteiger charge is 2.10. The van der Waals surface area contributed by atoms with Crippen molar-refractivity contribution in [3.8, 4) is 5.69 Å². The van der Waals surface area contributed by atoms with Crippen molar-refractivity contribution in [1.82, 2.24) is 15.1 Å². The summed E-state index contributed by atoms with van der Waals surface area (Å²) in [5, 5.41) is 16.5. The topological polar surface area (TPSA) is 67.2 Å². The number of hydrogen-bond donors (Lipinski definition) is 2. The molecule has 1 unspecified atom stereocenters. The SMILES string of the molecule is CCC(O)CCNC(=O)c1cnn(-c2ccccc2C)c1. The molecule has 1 atom stereocenters. The molecule has 2 rings (SSSR count). The molecule has 0 saturated heterocycles. The molecule has 0 aliphatic rings. The normalized spacial score (nSPS) is 12.1. The number of aromatic nitrogens is 2. The van der Waals surface area contributed by atoms with Crippen molar-refractivity contribution in [2.45, 2.75) is 32.8 Å². The third-order valence-corrected chi connectivity index (χ3v) is 3.44. The predicted molar refractivity (Wildman–Crippen MR) is 81.5 cm³/mol. The third kappa shape index (κ3) is 3.92. The highest BCUT2D eigenvalue weighted by atomic mass is 16.3. The molecule has 1 aromatic heterocycles. The number of rotatable bonds is 6. The summed E-state index contributed by atoms with van der Waals surface area (Å²) >= 11 is 0. The van der Waals surface area contributed by atoms with Crippen LogP contribution in [0, 0.1) is 6.92 Å². The van der Waals surface area contributed by atoms with Gasteiger partial charge in [-0.25, -0.2) is 4.68 Å². The van der Waals surface area contributed by atoms with Gasteiger partial charge in [-0.05, 0) is 31.4 Å². The molecule has 0 aliphatic carbocycles. The van der Waals surface area contributed by atoms with Gasteiger partial charge in [-0.2, -0.15) is 5.10 Å². The molecular weight excluding hydrogens is 266 g/mol. The second-order valence-corrected chi connectivity index (χ2v) is 5.07. The Morgan fingerprint density at radius 1 is 1.43 bits per heavy atom. The summed E-state index contributed by atoms with van der Waals surface area (Å²) in [6.07, 6.45) is 4.17. The highest BCUT2D eigenvalue weighted by Crippen LogP contribution is 2.13. The van der Waals surface area contributed by atoms with Crippen LogP contribution in [0.4, 0.5) is 0 Å². The molecule has 5 nitrogen and oxygen atoms in total. The number of aryl methyl sites for hydroxylation is 1. The Morgan fingerprint density at radius 2 is 2.19 bits per heavy atom. The lowest BCUT2D eigenvalue weighted by Crippen LogP contribution is -2.26. The van der Waals surface area contributed by atoms with E-state index in [1.807, 2.05) is 38.1 Å². The standard InChI is InChI=1S/C16H21N3O2/c1-3-14(20)8-9-17-16(21)13-10-18-19(11-13)15-7-5-4-6-12(15)2/h4-7,10-11,14,20H,3,8-9H2,1-2H3,(H,17,21). The first-order valence-corrected chi connectivity index (χ1v) is 7.18. The van der Waals surface area contributed by atoms with Gasteiger partial charge in [0.1, 0.15) is 0 Å². The van der Waals surface area contributed by atoms with Crippen molar-refractivity contribution < 1.29 is 9.90 Å². The minimum absolute atomic E-state index is 0.168. The third-order valence-electron chi connectivity index (χ3n) is 3.44. The van der Waals surface area contributed by atoms with Crippen LogP contribution in [-0.2, 0) is 0 Å². The van der Waals surface area contributed by atoms with Crippen molar-refractivity contribution >= 4 is 5.91 Å². The van der Waals surface area contributed by atoms with Crippen LogP contribution in [0.2, 0.25) is 0 Å². The van der Waals surface area contributed by atoms with Crippen LogP contribution in [0.5, 0.6) is 0 Å². The van der Waals surface area contributed by atoms with Gasteiger partial charge < -0.3 is 10.4 Å². The number of aliphatic hydroxyl groups excluding tert-OH is 1. The lowest BCUT2D eigenvalue weighted by Gasteiger charge is -2.08. The van der Waals surface area contributed by atoms with Gasteiger partial charge in [-0.1, -0.05) is 25.1 Å². The first kappa shape index (κ1) is 15.3. The monoisotopic (exact) mass is 287 g/mol. The summed E-state index contributed by atoms with van der Waals surface area (Å²) < 4.78 is 1.70. The number of amides is 1. The van der Waals surface area contributed by atoms with Gasteiger partial charge >= 0.3 is 0 Å². The zero-order valence-corrected chi connectivity index (χ0v) is 12.4. The predicted octanol–water partition coefficient (Wildman–Crippen LogP) is 2.07. The summed E-state index contributed by atoms with van der Waals surface area (Å²) in [5.74, 6) is -0.168.